The van der Waals surface area contributed by atoms with Crippen LogP contribution in [0.3, 0.4) is 0 Å². The third kappa shape index (κ3) is 3.96. The van der Waals surface area contributed by atoms with Gasteiger partial charge < -0.3 is 14.8 Å². The van der Waals surface area contributed by atoms with Crippen LogP contribution in [0.5, 0.6) is 0 Å². The van der Waals surface area contributed by atoms with Gasteiger partial charge in [0.15, 0.2) is 0 Å². The average molecular weight is 458 g/mol. The number of carbonyl (C=O) groups is 1. The van der Waals surface area contributed by atoms with Crippen LogP contribution in [0.15, 0.2) is 85.1 Å². The fraction of sp³-hybridized carbons (Fsp3) is 0.179. The second-order valence-corrected chi connectivity index (χ2v) is 8.84. The Bertz CT molecular complexity index is 1340. The molecule has 0 spiro atoms. The molecule has 0 fully saturated rings. The van der Waals surface area contributed by atoms with Crippen molar-refractivity contribution in [1.82, 2.24) is 9.47 Å². The molecule has 3 aromatic carbocycles. The molecule has 1 N–H and O–H groups in total. The molecule has 2 amide bonds. The molecule has 2 heterocycles. The molecule has 1 aromatic heterocycles. The summed E-state index contributed by atoms with van der Waals surface area (Å²) < 4.78 is 29.8. The maximum Gasteiger partial charge on any atom is 0.323 e. The smallest absolute Gasteiger partial charge is 0.318 e. The Labute approximate surface area is 197 Å². The second-order valence-electron chi connectivity index (χ2n) is 8.84. The van der Waals surface area contributed by atoms with Gasteiger partial charge in [0.25, 0.3) is 0 Å². The number of hydrogen-bond donors (Lipinski definition) is 1. The molecule has 34 heavy (non-hydrogen) atoms. The molecular weight excluding hydrogens is 432 g/mol. The van der Waals surface area contributed by atoms with Crippen LogP contribution in [0, 0.1) is 11.6 Å². The molecule has 0 radical (unpaired) electrons. The zero-order chi connectivity index (χ0) is 23.8. The van der Waals surface area contributed by atoms with Gasteiger partial charge in [-0.25, -0.2) is 13.6 Å². The van der Waals surface area contributed by atoms with E-state index >= 15 is 0 Å². The van der Waals surface area contributed by atoms with Crippen molar-refractivity contribution < 1.29 is 13.6 Å². The van der Waals surface area contributed by atoms with Crippen molar-refractivity contribution in [3.8, 4) is 5.69 Å². The van der Waals surface area contributed by atoms with E-state index in [1.807, 2.05) is 54.7 Å². The third-order valence-electron chi connectivity index (χ3n) is 6.32. The lowest BCUT2D eigenvalue weighted by Crippen LogP contribution is -2.38. The minimum atomic E-state index is -0.815. The van der Waals surface area contributed by atoms with Crippen LogP contribution in [0.25, 0.3) is 5.69 Å². The number of rotatable bonds is 3. The average Bonchev–Trinajstić information content (AvgIpc) is 3.25. The van der Waals surface area contributed by atoms with E-state index in [-0.39, 0.29) is 5.69 Å². The Hall–Kier alpha value is -3.93. The lowest BCUT2D eigenvalue weighted by atomic mass is 9.97. The van der Waals surface area contributed by atoms with Gasteiger partial charge in [0, 0.05) is 18.0 Å². The Morgan fingerprint density at radius 3 is 2.47 bits per heavy atom. The van der Waals surface area contributed by atoms with Gasteiger partial charge in [-0.1, -0.05) is 56.3 Å². The monoisotopic (exact) mass is 457 g/mol. The summed E-state index contributed by atoms with van der Waals surface area (Å²) in [6, 6.07) is 22.4. The van der Waals surface area contributed by atoms with Gasteiger partial charge in [-0.2, -0.15) is 0 Å². The van der Waals surface area contributed by atoms with Crippen LogP contribution >= 0.6 is 0 Å². The minimum absolute atomic E-state index is 0.0618. The minimum Gasteiger partial charge on any atom is -0.318 e. The highest BCUT2D eigenvalue weighted by Gasteiger charge is 2.33. The van der Waals surface area contributed by atoms with Crippen molar-refractivity contribution in [3.05, 3.63) is 119 Å². The number of carbonyl (C=O) groups excluding carboxylic acids is 1. The van der Waals surface area contributed by atoms with Crippen molar-refractivity contribution in [3.63, 3.8) is 0 Å². The van der Waals surface area contributed by atoms with Gasteiger partial charge in [-0.15, -0.1) is 0 Å². The second kappa shape index (κ2) is 8.78. The molecule has 1 aliphatic rings. The molecule has 6 heteroatoms. The Kier molecular flexibility index (Phi) is 5.65. The first kappa shape index (κ1) is 21.9. The number of para-hydroxylation sites is 1. The van der Waals surface area contributed by atoms with Crippen LogP contribution in [0.4, 0.5) is 19.3 Å². The van der Waals surface area contributed by atoms with E-state index in [0.29, 0.717) is 12.5 Å². The summed E-state index contributed by atoms with van der Waals surface area (Å²) in [7, 11) is 0. The molecule has 0 saturated carbocycles. The maximum absolute atomic E-state index is 14.3. The van der Waals surface area contributed by atoms with Gasteiger partial charge in [-0.05, 0) is 52.9 Å². The zero-order valence-corrected chi connectivity index (χ0v) is 19.0. The van der Waals surface area contributed by atoms with E-state index in [1.165, 1.54) is 11.6 Å². The van der Waals surface area contributed by atoms with E-state index in [1.54, 1.807) is 4.90 Å². The molecule has 1 atom stereocenters. The third-order valence-corrected chi connectivity index (χ3v) is 6.32. The van der Waals surface area contributed by atoms with Crippen LogP contribution in [0.1, 0.15) is 48.2 Å². The highest BCUT2D eigenvalue weighted by molar-refractivity contribution is 5.90. The number of benzene rings is 3. The summed E-state index contributed by atoms with van der Waals surface area (Å²) in [6.45, 7) is 4.60. The van der Waals surface area contributed by atoms with E-state index in [0.717, 1.165) is 34.6 Å². The van der Waals surface area contributed by atoms with Crippen LogP contribution in [-0.4, -0.2) is 15.5 Å². The van der Waals surface area contributed by atoms with Crippen molar-refractivity contribution in [2.75, 3.05) is 5.32 Å². The number of nitrogens with one attached hydrogen (secondary N) is 1. The normalized spacial score (nSPS) is 15.0. The van der Waals surface area contributed by atoms with E-state index < -0.39 is 23.7 Å². The lowest BCUT2D eigenvalue weighted by molar-refractivity contribution is 0.194. The van der Waals surface area contributed by atoms with Crippen molar-refractivity contribution >= 4 is 11.7 Å². The van der Waals surface area contributed by atoms with Gasteiger partial charge in [0.2, 0.25) is 0 Å². The summed E-state index contributed by atoms with van der Waals surface area (Å²) in [5.41, 5.74) is 4.99. The van der Waals surface area contributed by atoms with Gasteiger partial charge in [0.1, 0.15) is 11.6 Å². The molecule has 1 aliphatic heterocycles. The maximum atomic E-state index is 14.3. The Morgan fingerprint density at radius 2 is 1.74 bits per heavy atom. The summed E-state index contributed by atoms with van der Waals surface area (Å²) in [6.07, 6.45) is 1.99. The summed E-state index contributed by atoms with van der Waals surface area (Å²) >= 11 is 0. The predicted octanol–water partition coefficient (Wildman–Crippen LogP) is 7.02. The lowest BCUT2D eigenvalue weighted by Gasteiger charge is -2.31. The number of hydrogen-bond acceptors (Lipinski definition) is 1. The summed E-state index contributed by atoms with van der Waals surface area (Å²) in [4.78, 5) is 15.3. The fourth-order valence-corrected chi connectivity index (χ4v) is 4.53. The molecule has 172 valence electrons. The van der Waals surface area contributed by atoms with E-state index in [4.69, 9.17) is 0 Å². The van der Waals surface area contributed by atoms with Crippen molar-refractivity contribution in [1.29, 1.82) is 0 Å². The van der Waals surface area contributed by atoms with Gasteiger partial charge in [0.05, 0.1) is 24.0 Å². The number of urea groups is 1. The molecular formula is C28H25F2N3O. The summed E-state index contributed by atoms with van der Waals surface area (Å²) in [5, 5.41) is 2.65. The number of fused-ring (bicyclic) bond motifs is 3. The highest BCUT2D eigenvalue weighted by Crippen LogP contribution is 2.37. The van der Waals surface area contributed by atoms with Gasteiger partial charge in [-0.3, -0.25) is 0 Å². The number of aromatic nitrogens is 1. The predicted molar refractivity (Wildman–Crippen MR) is 129 cm³/mol. The number of halogens is 2. The standard InChI is InChI=1S/C28H25F2N3O/c1-18(2)19-9-11-20(12-10-19)27-26-8-5-15-32(26)25-7-4-3-6-21(25)17-33(27)28(34)31-24-14-13-22(29)16-23(24)30/h3-16,18,27H,17H2,1-2H3,(H,31,34). The first-order valence-corrected chi connectivity index (χ1v) is 11.3. The fourth-order valence-electron chi connectivity index (χ4n) is 4.53. The molecule has 4 nitrogen and oxygen atoms in total. The van der Waals surface area contributed by atoms with Crippen LogP contribution < -0.4 is 5.32 Å². The topological polar surface area (TPSA) is 37.3 Å². The SMILES string of the molecule is CC(C)c1ccc(C2c3cccn3-c3ccccc3CN2C(=O)Nc2ccc(F)cc2F)cc1. The highest BCUT2D eigenvalue weighted by atomic mass is 19.1. The molecule has 0 aliphatic carbocycles. The first-order chi connectivity index (χ1) is 16.4. The largest absolute Gasteiger partial charge is 0.323 e. The Morgan fingerprint density at radius 1 is 0.971 bits per heavy atom. The Balaban J connectivity index is 1.61. The first-order valence-electron chi connectivity index (χ1n) is 11.3. The molecule has 5 rings (SSSR count). The van der Waals surface area contributed by atoms with Crippen molar-refractivity contribution in [2.24, 2.45) is 0 Å². The molecule has 1 unspecified atom stereocenters. The van der Waals surface area contributed by atoms with Crippen molar-refractivity contribution in [2.45, 2.75) is 32.4 Å². The van der Waals surface area contributed by atoms with E-state index in [9.17, 15) is 13.6 Å². The number of anilines is 1. The van der Waals surface area contributed by atoms with Gasteiger partial charge >= 0.3 is 6.03 Å². The zero-order valence-electron chi connectivity index (χ0n) is 19.0. The molecule has 0 bridgehead atoms. The van der Waals surface area contributed by atoms with E-state index in [2.05, 4.69) is 35.9 Å². The quantitative estimate of drug-likeness (QED) is 0.353. The molecule has 4 aromatic rings. The number of nitrogens with zero attached hydrogens (tertiary/aromatic N) is 2. The number of amides is 2. The summed E-state index contributed by atoms with van der Waals surface area (Å²) in [5.74, 6) is -1.12. The van der Waals surface area contributed by atoms with Crippen LogP contribution in [-0.2, 0) is 6.54 Å². The van der Waals surface area contributed by atoms with Crippen LogP contribution in [0.2, 0.25) is 0 Å². The molecule has 0 saturated heterocycles.